The molecule has 2 unspecified atom stereocenters. The highest BCUT2D eigenvalue weighted by Crippen LogP contribution is 2.41. The second-order valence-corrected chi connectivity index (χ2v) is 7.55. The van der Waals surface area contributed by atoms with Gasteiger partial charge in [0.1, 0.15) is 0 Å². The molecule has 2 heterocycles. The van der Waals surface area contributed by atoms with Gasteiger partial charge in [-0.15, -0.1) is 0 Å². The molecular formula is C18H34N4O. The first-order valence-electron chi connectivity index (χ1n) is 9.66. The molecule has 5 heteroatoms. The van der Waals surface area contributed by atoms with Crippen molar-refractivity contribution in [2.75, 3.05) is 26.2 Å². The van der Waals surface area contributed by atoms with Crippen LogP contribution in [0.25, 0.3) is 0 Å². The Kier molecular flexibility index (Phi) is 5.81. The van der Waals surface area contributed by atoms with Gasteiger partial charge < -0.3 is 15.8 Å². The van der Waals surface area contributed by atoms with E-state index in [0.29, 0.717) is 18.1 Å². The van der Waals surface area contributed by atoms with Crippen molar-refractivity contribution in [3.8, 4) is 0 Å². The third kappa shape index (κ3) is 4.38. The number of hydrogen-bond acceptors (Lipinski definition) is 3. The zero-order chi connectivity index (χ0) is 16.1. The van der Waals surface area contributed by atoms with Crippen LogP contribution in [0.3, 0.4) is 0 Å². The molecule has 2 saturated heterocycles. The van der Waals surface area contributed by atoms with E-state index in [1.54, 1.807) is 0 Å². The van der Waals surface area contributed by atoms with Gasteiger partial charge in [0.05, 0.1) is 18.2 Å². The standard InChI is InChI=1S/C18H34N4O/c1-2-22-12-6-7-15(22)13-20-17(19)21-14-16-8-11-18(23-16)9-4-3-5-10-18/h15-16H,2-14H2,1H3,(H3,19,20,21). The van der Waals surface area contributed by atoms with E-state index in [0.717, 1.165) is 26.1 Å². The van der Waals surface area contributed by atoms with E-state index in [2.05, 4.69) is 22.1 Å². The molecule has 5 nitrogen and oxygen atoms in total. The van der Waals surface area contributed by atoms with Crippen LogP contribution in [0.1, 0.15) is 64.7 Å². The molecule has 1 saturated carbocycles. The summed E-state index contributed by atoms with van der Waals surface area (Å²) in [6.07, 6.45) is 11.8. The van der Waals surface area contributed by atoms with E-state index in [9.17, 15) is 0 Å². The molecule has 0 bridgehead atoms. The Morgan fingerprint density at radius 3 is 2.83 bits per heavy atom. The van der Waals surface area contributed by atoms with Gasteiger partial charge in [0.15, 0.2) is 5.96 Å². The fourth-order valence-corrected chi connectivity index (χ4v) is 4.60. The van der Waals surface area contributed by atoms with Crippen LogP contribution in [-0.2, 0) is 4.74 Å². The predicted molar refractivity (Wildman–Crippen MR) is 94.7 cm³/mol. The molecule has 0 aromatic rings. The molecule has 0 radical (unpaired) electrons. The Bertz CT molecular complexity index is 406. The van der Waals surface area contributed by atoms with Crippen molar-refractivity contribution in [3.63, 3.8) is 0 Å². The highest BCUT2D eigenvalue weighted by Gasteiger charge is 2.40. The summed E-state index contributed by atoms with van der Waals surface area (Å²) < 4.78 is 6.37. The summed E-state index contributed by atoms with van der Waals surface area (Å²) in [5, 5.41) is 3.29. The zero-order valence-corrected chi connectivity index (χ0v) is 14.7. The zero-order valence-electron chi connectivity index (χ0n) is 14.7. The van der Waals surface area contributed by atoms with Crippen LogP contribution in [0.2, 0.25) is 0 Å². The van der Waals surface area contributed by atoms with E-state index in [4.69, 9.17) is 10.5 Å². The second-order valence-electron chi connectivity index (χ2n) is 7.55. The summed E-state index contributed by atoms with van der Waals surface area (Å²) in [6.45, 7) is 6.18. The Morgan fingerprint density at radius 1 is 1.22 bits per heavy atom. The van der Waals surface area contributed by atoms with E-state index >= 15 is 0 Å². The molecule has 1 spiro atoms. The van der Waals surface area contributed by atoms with Crippen LogP contribution in [0, 0.1) is 0 Å². The topological polar surface area (TPSA) is 62.9 Å². The largest absolute Gasteiger partial charge is 0.370 e. The number of ether oxygens (including phenoxy) is 1. The quantitative estimate of drug-likeness (QED) is 0.602. The molecule has 0 aromatic heterocycles. The number of nitrogens with one attached hydrogen (secondary N) is 1. The molecule has 2 aliphatic heterocycles. The number of likely N-dealkylation sites (tertiary alicyclic amines) is 1. The predicted octanol–water partition coefficient (Wildman–Crippen LogP) is 2.26. The van der Waals surface area contributed by atoms with Gasteiger partial charge in [0.2, 0.25) is 0 Å². The minimum Gasteiger partial charge on any atom is -0.370 e. The molecule has 23 heavy (non-hydrogen) atoms. The summed E-state index contributed by atoms with van der Waals surface area (Å²) in [5.41, 5.74) is 6.25. The second kappa shape index (κ2) is 7.84. The van der Waals surface area contributed by atoms with Gasteiger partial charge >= 0.3 is 0 Å². The maximum Gasteiger partial charge on any atom is 0.188 e. The van der Waals surface area contributed by atoms with Crippen molar-refractivity contribution < 1.29 is 4.74 Å². The van der Waals surface area contributed by atoms with Crippen LogP contribution >= 0.6 is 0 Å². The fraction of sp³-hybridized carbons (Fsp3) is 0.944. The SMILES string of the molecule is CCN1CCCC1CN=C(N)NCC1CCC2(CCCCC2)O1. The van der Waals surface area contributed by atoms with Gasteiger partial charge in [0.25, 0.3) is 0 Å². The van der Waals surface area contributed by atoms with Gasteiger partial charge in [-0.05, 0) is 51.6 Å². The Hall–Kier alpha value is -0.810. The number of guanidine groups is 1. The lowest BCUT2D eigenvalue weighted by atomic mass is 9.83. The first kappa shape index (κ1) is 17.0. The van der Waals surface area contributed by atoms with Crippen molar-refractivity contribution in [2.45, 2.75) is 82.5 Å². The summed E-state index contributed by atoms with van der Waals surface area (Å²) in [4.78, 5) is 7.06. The number of nitrogens with two attached hydrogens (primary N) is 1. The van der Waals surface area contributed by atoms with E-state index < -0.39 is 0 Å². The summed E-state index contributed by atoms with van der Waals surface area (Å²) in [5.74, 6) is 0.584. The molecule has 1 aliphatic carbocycles. The summed E-state index contributed by atoms with van der Waals surface area (Å²) in [7, 11) is 0. The lowest BCUT2D eigenvalue weighted by Crippen LogP contribution is -2.40. The maximum absolute atomic E-state index is 6.37. The number of rotatable bonds is 5. The van der Waals surface area contributed by atoms with Gasteiger partial charge in [-0.1, -0.05) is 26.2 Å². The van der Waals surface area contributed by atoms with Crippen molar-refractivity contribution in [3.05, 3.63) is 0 Å². The Morgan fingerprint density at radius 2 is 2.04 bits per heavy atom. The van der Waals surface area contributed by atoms with Crippen molar-refractivity contribution in [1.82, 2.24) is 10.2 Å². The Balaban J connectivity index is 1.39. The third-order valence-corrected chi connectivity index (χ3v) is 5.99. The molecule has 3 N–H and O–H groups in total. The van der Waals surface area contributed by atoms with E-state index in [1.165, 1.54) is 57.9 Å². The lowest BCUT2D eigenvalue weighted by Gasteiger charge is -2.33. The van der Waals surface area contributed by atoms with Crippen molar-refractivity contribution in [2.24, 2.45) is 10.7 Å². The number of hydrogen-bond donors (Lipinski definition) is 2. The molecular weight excluding hydrogens is 288 g/mol. The number of aliphatic imine (C=N–C) groups is 1. The van der Waals surface area contributed by atoms with Gasteiger partial charge in [0, 0.05) is 12.6 Å². The van der Waals surface area contributed by atoms with E-state index in [1.807, 2.05) is 0 Å². The van der Waals surface area contributed by atoms with Crippen molar-refractivity contribution in [1.29, 1.82) is 0 Å². The fourth-order valence-electron chi connectivity index (χ4n) is 4.60. The molecule has 0 amide bonds. The average Bonchev–Trinajstić information content (AvgIpc) is 3.18. The highest BCUT2D eigenvalue weighted by molar-refractivity contribution is 5.77. The van der Waals surface area contributed by atoms with Gasteiger partial charge in [-0.25, -0.2) is 0 Å². The van der Waals surface area contributed by atoms with Crippen LogP contribution < -0.4 is 11.1 Å². The molecule has 3 fully saturated rings. The monoisotopic (exact) mass is 322 g/mol. The molecule has 132 valence electrons. The number of nitrogens with zero attached hydrogens (tertiary/aromatic N) is 2. The molecule has 3 aliphatic rings. The molecule has 3 rings (SSSR count). The normalized spacial score (nSPS) is 31.8. The average molecular weight is 322 g/mol. The van der Waals surface area contributed by atoms with Crippen LogP contribution in [0.4, 0.5) is 0 Å². The van der Waals surface area contributed by atoms with Crippen LogP contribution in [0.5, 0.6) is 0 Å². The first-order valence-corrected chi connectivity index (χ1v) is 9.66. The number of likely N-dealkylation sites (N-methyl/N-ethyl adjacent to an activating group) is 1. The summed E-state index contributed by atoms with van der Waals surface area (Å²) >= 11 is 0. The summed E-state index contributed by atoms with van der Waals surface area (Å²) in [6, 6.07) is 0.577. The molecule has 0 aromatic carbocycles. The van der Waals surface area contributed by atoms with Crippen LogP contribution in [0.15, 0.2) is 4.99 Å². The third-order valence-electron chi connectivity index (χ3n) is 5.99. The minimum atomic E-state index is 0.196. The minimum absolute atomic E-state index is 0.196. The van der Waals surface area contributed by atoms with Gasteiger partial charge in [-0.2, -0.15) is 0 Å². The Labute approximate surface area is 141 Å². The highest BCUT2D eigenvalue weighted by atomic mass is 16.5. The maximum atomic E-state index is 6.37. The molecule has 2 atom stereocenters. The smallest absolute Gasteiger partial charge is 0.188 e. The van der Waals surface area contributed by atoms with E-state index in [-0.39, 0.29) is 5.60 Å². The van der Waals surface area contributed by atoms with Crippen LogP contribution in [-0.4, -0.2) is 54.8 Å². The lowest BCUT2D eigenvalue weighted by molar-refractivity contribution is -0.0612. The van der Waals surface area contributed by atoms with Crippen molar-refractivity contribution >= 4 is 5.96 Å². The first-order chi connectivity index (χ1) is 11.2. The van der Waals surface area contributed by atoms with Gasteiger partial charge in [-0.3, -0.25) is 9.89 Å².